The second kappa shape index (κ2) is 10.4. The molecule has 1 atom stereocenters. The number of unbranched alkanes of at least 4 members (excludes halogenated alkanes) is 2. The summed E-state index contributed by atoms with van der Waals surface area (Å²) in [5.41, 5.74) is 0. The number of thioether (sulfide) groups is 1. The van der Waals surface area contributed by atoms with Crippen LogP contribution < -0.4 is 0 Å². The van der Waals surface area contributed by atoms with E-state index in [9.17, 15) is 26.7 Å². The maximum atomic E-state index is 12.6. The normalized spacial score (nSPS) is 14.3. The number of carboxylic acids is 1. The first-order chi connectivity index (χ1) is 10.5. The highest BCUT2D eigenvalue weighted by Gasteiger charge is 2.56. The number of rotatable bonds is 12. The van der Waals surface area contributed by atoms with Gasteiger partial charge in [0.2, 0.25) is 0 Å². The number of aliphatic carboxylic acids is 1. The summed E-state index contributed by atoms with van der Waals surface area (Å²) in [6, 6.07) is 0. The molecule has 0 aromatic rings. The fourth-order valence-corrected chi connectivity index (χ4v) is 3.17. The molecule has 0 fully saturated rings. The number of carboxylic acid groups (broad SMARTS) is 1. The molecule has 0 saturated heterocycles. The average Bonchev–Trinajstić information content (AvgIpc) is 2.38. The van der Waals surface area contributed by atoms with Crippen molar-refractivity contribution in [3.63, 3.8) is 0 Å². The summed E-state index contributed by atoms with van der Waals surface area (Å²) in [7, 11) is 0. The van der Waals surface area contributed by atoms with E-state index in [1.165, 1.54) is 11.8 Å². The topological polar surface area (TPSA) is 37.3 Å². The van der Waals surface area contributed by atoms with Crippen LogP contribution in [0.1, 0.15) is 52.4 Å². The van der Waals surface area contributed by atoms with Gasteiger partial charge in [0.15, 0.2) is 0 Å². The zero-order chi connectivity index (χ0) is 18.1. The molecule has 0 spiro atoms. The molecule has 1 N–H and O–H groups in total. The van der Waals surface area contributed by atoms with Gasteiger partial charge in [-0.3, -0.25) is 4.79 Å². The summed E-state index contributed by atoms with van der Waals surface area (Å²) in [6.07, 6.45) is -4.78. The smallest absolute Gasteiger partial charge is 0.453 e. The highest BCUT2D eigenvalue weighted by Crippen LogP contribution is 2.39. The van der Waals surface area contributed by atoms with Crippen molar-refractivity contribution in [3.05, 3.63) is 0 Å². The summed E-state index contributed by atoms with van der Waals surface area (Å²) < 4.78 is 61.1. The lowest BCUT2D eigenvalue weighted by Gasteiger charge is -2.19. The highest BCUT2D eigenvalue weighted by molar-refractivity contribution is 7.99. The Labute approximate surface area is 138 Å². The Balaban J connectivity index is 3.72. The number of halogens is 5. The Morgan fingerprint density at radius 3 is 2.13 bits per heavy atom. The molecular weight excluding hydrogens is 339 g/mol. The van der Waals surface area contributed by atoms with E-state index < -0.39 is 24.5 Å². The summed E-state index contributed by atoms with van der Waals surface area (Å²) in [5, 5.41) is 9.06. The molecule has 8 heteroatoms. The second-order valence-corrected chi connectivity index (χ2v) is 7.30. The Morgan fingerprint density at radius 2 is 1.65 bits per heavy atom. The van der Waals surface area contributed by atoms with Crippen LogP contribution in [0.5, 0.6) is 0 Å². The third-order valence-corrected chi connectivity index (χ3v) is 4.51. The number of carbonyl (C=O) groups is 1. The minimum atomic E-state index is -5.47. The van der Waals surface area contributed by atoms with E-state index in [-0.39, 0.29) is 12.3 Å². The van der Waals surface area contributed by atoms with Crippen molar-refractivity contribution in [2.24, 2.45) is 11.8 Å². The van der Waals surface area contributed by atoms with E-state index in [0.717, 1.165) is 0 Å². The van der Waals surface area contributed by atoms with E-state index in [1.807, 2.05) is 13.8 Å². The number of hydrogen-bond donors (Lipinski definition) is 1. The van der Waals surface area contributed by atoms with Crippen molar-refractivity contribution in [1.29, 1.82) is 0 Å². The number of hydrogen-bond acceptors (Lipinski definition) is 2. The van der Waals surface area contributed by atoms with Crippen LogP contribution in [0.25, 0.3) is 0 Å². The third kappa shape index (κ3) is 10.0. The SMILES string of the molecule is CC(C)CC(CCSCCCCCC(F)(F)C(F)(F)F)C(=O)O. The van der Waals surface area contributed by atoms with Crippen molar-refractivity contribution in [3.8, 4) is 0 Å². The minimum Gasteiger partial charge on any atom is -0.481 e. The van der Waals surface area contributed by atoms with E-state index in [0.29, 0.717) is 43.1 Å². The molecule has 0 bridgehead atoms. The molecule has 0 radical (unpaired) electrons. The largest absolute Gasteiger partial charge is 0.481 e. The lowest BCUT2D eigenvalue weighted by Crippen LogP contribution is -2.36. The van der Waals surface area contributed by atoms with Gasteiger partial charge in [-0.1, -0.05) is 20.3 Å². The predicted octanol–water partition coefficient (Wildman–Crippen LogP) is 5.61. The van der Waals surface area contributed by atoms with Crippen molar-refractivity contribution in [2.75, 3.05) is 11.5 Å². The zero-order valence-corrected chi connectivity index (χ0v) is 14.3. The molecule has 0 amide bonds. The van der Waals surface area contributed by atoms with Gasteiger partial charge in [0.05, 0.1) is 5.92 Å². The fourth-order valence-electron chi connectivity index (χ4n) is 2.11. The van der Waals surface area contributed by atoms with E-state index >= 15 is 0 Å². The molecule has 0 rings (SSSR count). The van der Waals surface area contributed by atoms with Crippen LogP contribution in [0.3, 0.4) is 0 Å². The van der Waals surface area contributed by atoms with Crippen molar-refractivity contribution < 1.29 is 31.9 Å². The number of alkyl halides is 5. The van der Waals surface area contributed by atoms with Crippen molar-refractivity contribution in [2.45, 2.75) is 64.5 Å². The first-order valence-corrected chi connectivity index (χ1v) is 8.88. The van der Waals surface area contributed by atoms with Gasteiger partial charge in [0.1, 0.15) is 0 Å². The molecule has 0 heterocycles. The quantitative estimate of drug-likeness (QED) is 0.361. The molecule has 2 nitrogen and oxygen atoms in total. The lowest BCUT2D eigenvalue weighted by atomic mass is 9.95. The molecule has 0 aliphatic heterocycles. The average molecular weight is 364 g/mol. The highest BCUT2D eigenvalue weighted by atomic mass is 32.2. The molecule has 0 saturated carbocycles. The molecule has 138 valence electrons. The van der Waals surface area contributed by atoms with E-state index in [2.05, 4.69) is 0 Å². The van der Waals surface area contributed by atoms with Gasteiger partial charge in [0, 0.05) is 6.42 Å². The Kier molecular flexibility index (Phi) is 10.1. The maximum absolute atomic E-state index is 12.6. The van der Waals surface area contributed by atoms with Crippen LogP contribution in [0.4, 0.5) is 22.0 Å². The first kappa shape index (κ1) is 22.5. The van der Waals surface area contributed by atoms with E-state index in [4.69, 9.17) is 5.11 Å². The van der Waals surface area contributed by atoms with Crippen LogP contribution in [-0.4, -0.2) is 34.7 Å². The molecule has 1 unspecified atom stereocenters. The van der Waals surface area contributed by atoms with Gasteiger partial charge in [-0.05, 0) is 43.1 Å². The molecule has 23 heavy (non-hydrogen) atoms. The standard InChI is InChI=1S/C15H25F5O2S/c1-11(2)10-12(13(21)22)6-9-23-8-5-3-4-7-14(16,17)15(18,19)20/h11-12H,3-10H2,1-2H3,(H,21,22). The molecular formula is C15H25F5O2S. The molecule has 0 aliphatic rings. The Bertz CT molecular complexity index is 345. The molecule has 0 aromatic heterocycles. The van der Waals surface area contributed by atoms with E-state index in [1.54, 1.807) is 0 Å². The second-order valence-electron chi connectivity index (χ2n) is 6.08. The molecule has 0 aliphatic carbocycles. The zero-order valence-electron chi connectivity index (χ0n) is 13.5. The maximum Gasteiger partial charge on any atom is 0.453 e. The lowest BCUT2D eigenvalue weighted by molar-refractivity contribution is -0.284. The minimum absolute atomic E-state index is 0.168. The fraction of sp³-hybridized carbons (Fsp3) is 0.933. The Hall–Kier alpha value is -0.530. The summed E-state index contributed by atoms with van der Waals surface area (Å²) in [4.78, 5) is 11.0. The monoisotopic (exact) mass is 364 g/mol. The van der Waals surface area contributed by atoms with Gasteiger partial charge >= 0.3 is 18.1 Å². The molecule has 0 aromatic carbocycles. The van der Waals surface area contributed by atoms with Crippen LogP contribution in [0, 0.1) is 11.8 Å². The van der Waals surface area contributed by atoms with Crippen molar-refractivity contribution >= 4 is 17.7 Å². The summed E-state index contributed by atoms with van der Waals surface area (Å²) >= 11 is 1.52. The summed E-state index contributed by atoms with van der Waals surface area (Å²) in [6.45, 7) is 3.92. The van der Waals surface area contributed by atoms with Gasteiger partial charge in [-0.15, -0.1) is 0 Å². The Morgan fingerprint density at radius 1 is 1.04 bits per heavy atom. The van der Waals surface area contributed by atoms with Crippen molar-refractivity contribution in [1.82, 2.24) is 0 Å². The van der Waals surface area contributed by atoms with Gasteiger partial charge < -0.3 is 5.11 Å². The van der Waals surface area contributed by atoms with Crippen LogP contribution >= 0.6 is 11.8 Å². The van der Waals surface area contributed by atoms with Crippen LogP contribution in [-0.2, 0) is 4.79 Å². The summed E-state index contributed by atoms with van der Waals surface area (Å²) in [5.74, 6) is -4.20. The first-order valence-electron chi connectivity index (χ1n) is 7.72. The third-order valence-electron chi connectivity index (χ3n) is 3.41. The van der Waals surface area contributed by atoms with Crippen LogP contribution in [0.15, 0.2) is 0 Å². The van der Waals surface area contributed by atoms with Gasteiger partial charge in [-0.25, -0.2) is 0 Å². The van der Waals surface area contributed by atoms with Gasteiger partial charge in [0.25, 0.3) is 0 Å². The van der Waals surface area contributed by atoms with Gasteiger partial charge in [-0.2, -0.15) is 33.7 Å². The van der Waals surface area contributed by atoms with Crippen LogP contribution in [0.2, 0.25) is 0 Å². The predicted molar refractivity (Wildman–Crippen MR) is 82.0 cm³/mol.